The molecule has 1 aromatic carbocycles. The van der Waals surface area contributed by atoms with E-state index in [2.05, 4.69) is 17.2 Å². The Labute approximate surface area is 159 Å². The standard InChI is InChI=1S/C20H26N2O5/c1-3-10-25-15-8-6-14(7-9-15)18-17(13(2)21-20(24)22-18)19(23)27-12-16-5-4-11-26-16/h6-9,16-18H,2-5,10-12H2,1H3,(H2,21,22,24)/t16-,17-,18+/m1/s1. The topological polar surface area (TPSA) is 85.9 Å². The van der Waals surface area contributed by atoms with E-state index in [-0.39, 0.29) is 18.7 Å². The first kappa shape index (κ1) is 19.2. The Kier molecular flexibility index (Phi) is 6.34. The summed E-state index contributed by atoms with van der Waals surface area (Å²) in [5.74, 6) is -0.400. The lowest BCUT2D eigenvalue weighted by molar-refractivity contribution is -0.151. The van der Waals surface area contributed by atoms with E-state index in [0.717, 1.165) is 30.6 Å². The molecule has 1 aromatic rings. The number of benzene rings is 1. The van der Waals surface area contributed by atoms with Crippen LogP contribution >= 0.6 is 0 Å². The molecule has 27 heavy (non-hydrogen) atoms. The number of ether oxygens (including phenoxy) is 3. The van der Waals surface area contributed by atoms with Gasteiger partial charge in [0.2, 0.25) is 0 Å². The summed E-state index contributed by atoms with van der Waals surface area (Å²) in [5.41, 5.74) is 1.11. The van der Waals surface area contributed by atoms with E-state index >= 15 is 0 Å². The van der Waals surface area contributed by atoms with Gasteiger partial charge in [-0.15, -0.1) is 0 Å². The van der Waals surface area contributed by atoms with Crippen molar-refractivity contribution >= 4 is 12.0 Å². The molecule has 2 amide bonds. The summed E-state index contributed by atoms with van der Waals surface area (Å²) in [7, 11) is 0. The number of hydrogen-bond acceptors (Lipinski definition) is 5. The molecule has 0 spiro atoms. The number of esters is 1. The number of carbonyl (C=O) groups is 2. The van der Waals surface area contributed by atoms with E-state index in [1.807, 2.05) is 31.2 Å². The molecule has 2 heterocycles. The maximum atomic E-state index is 12.7. The molecule has 0 unspecified atom stereocenters. The smallest absolute Gasteiger partial charge is 0.319 e. The largest absolute Gasteiger partial charge is 0.494 e. The first-order chi connectivity index (χ1) is 13.1. The summed E-state index contributed by atoms with van der Waals surface area (Å²) in [6.45, 7) is 7.44. The van der Waals surface area contributed by atoms with Gasteiger partial charge in [0.25, 0.3) is 0 Å². The van der Waals surface area contributed by atoms with Gasteiger partial charge in [-0.25, -0.2) is 4.79 Å². The minimum Gasteiger partial charge on any atom is -0.494 e. The molecule has 3 rings (SSSR count). The van der Waals surface area contributed by atoms with Crippen LogP contribution in [-0.4, -0.2) is 37.9 Å². The van der Waals surface area contributed by atoms with Crippen LogP contribution in [0, 0.1) is 5.92 Å². The minimum absolute atomic E-state index is 0.0539. The van der Waals surface area contributed by atoms with Crippen LogP contribution < -0.4 is 15.4 Å². The highest BCUT2D eigenvalue weighted by Gasteiger charge is 2.39. The first-order valence-corrected chi connectivity index (χ1v) is 9.35. The molecule has 0 aromatic heterocycles. The summed E-state index contributed by atoms with van der Waals surface area (Å²) in [6, 6.07) is 6.40. The molecule has 0 radical (unpaired) electrons. The summed E-state index contributed by atoms with van der Waals surface area (Å²) in [6.07, 6.45) is 2.73. The number of hydrogen-bond donors (Lipinski definition) is 2. The fraction of sp³-hybridized carbons (Fsp3) is 0.500. The average molecular weight is 374 g/mol. The molecule has 0 aliphatic carbocycles. The van der Waals surface area contributed by atoms with E-state index in [0.29, 0.717) is 18.9 Å². The molecule has 0 saturated carbocycles. The minimum atomic E-state index is -0.716. The Balaban J connectivity index is 1.71. The molecule has 146 valence electrons. The zero-order chi connectivity index (χ0) is 19.2. The lowest BCUT2D eigenvalue weighted by Gasteiger charge is -2.33. The van der Waals surface area contributed by atoms with Crippen LogP contribution in [-0.2, 0) is 14.3 Å². The maximum Gasteiger partial charge on any atom is 0.319 e. The molecule has 7 nitrogen and oxygen atoms in total. The summed E-state index contributed by atoms with van der Waals surface area (Å²) in [5, 5.41) is 5.38. The molecule has 2 N–H and O–H groups in total. The quantitative estimate of drug-likeness (QED) is 0.717. The predicted molar refractivity (Wildman–Crippen MR) is 99.2 cm³/mol. The molecular weight excluding hydrogens is 348 g/mol. The monoisotopic (exact) mass is 374 g/mol. The van der Waals surface area contributed by atoms with Gasteiger partial charge in [0, 0.05) is 12.3 Å². The van der Waals surface area contributed by atoms with Crippen LogP contribution in [0.2, 0.25) is 0 Å². The van der Waals surface area contributed by atoms with Gasteiger partial charge in [-0.05, 0) is 37.0 Å². The number of urea groups is 1. The lowest BCUT2D eigenvalue weighted by Crippen LogP contribution is -2.51. The molecule has 3 atom stereocenters. The second-order valence-corrected chi connectivity index (χ2v) is 6.76. The van der Waals surface area contributed by atoms with Gasteiger partial charge in [-0.3, -0.25) is 4.79 Å². The lowest BCUT2D eigenvalue weighted by atomic mass is 9.89. The Bertz CT molecular complexity index is 682. The third-order valence-electron chi connectivity index (χ3n) is 4.67. The molecule has 2 aliphatic heterocycles. The van der Waals surface area contributed by atoms with Crippen LogP contribution in [0.15, 0.2) is 36.5 Å². The van der Waals surface area contributed by atoms with Crippen LogP contribution in [0.3, 0.4) is 0 Å². The highest BCUT2D eigenvalue weighted by molar-refractivity contribution is 5.85. The molecule has 7 heteroatoms. The number of rotatable bonds is 7. The highest BCUT2D eigenvalue weighted by atomic mass is 16.6. The van der Waals surface area contributed by atoms with Crippen LogP contribution in [0.1, 0.15) is 37.8 Å². The maximum absolute atomic E-state index is 12.7. The van der Waals surface area contributed by atoms with Crippen molar-refractivity contribution in [3.05, 3.63) is 42.1 Å². The zero-order valence-electron chi connectivity index (χ0n) is 15.5. The molecular formula is C20H26N2O5. The Morgan fingerprint density at radius 1 is 1.33 bits per heavy atom. The SMILES string of the molecule is C=C1NC(=O)N[C@@H](c2ccc(OCCC)cc2)[C@@H]1C(=O)OC[C@H]1CCCO1. The molecule has 0 bridgehead atoms. The second kappa shape index (κ2) is 8.90. The number of nitrogens with one attached hydrogen (secondary N) is 2. The van der Waals surface area contributed by atoms with E-state index in [9.17, 15) is 9.59 Å². The molecule has 2 saturated heterocycles. The zero-order valence-corrected chi connectivity index (χ0v) is 15.5. The van der Waals surface area contributed by atoms with E-state index in [4.69, 9.17) is 14.2 Å². The molecule has 2 fully saturated rings. The second-order valence-electron chi connectivity index (χ2n) is 6.76. The normalized spacial score (nSPS) is 24.9. The third-order valence-corrected chi connectivity index (χ3v) is 4.67. The Morgan fingerprint density at radius 3 is 2.78 bits per heavy atom. The third kappa shape index (κ3) is 4.80. The molecule has 2 aliphatic rings. The van der Waals surface area contributed by atoms with E-state index in [1.54, 1.807) is 0 Å². The van der Waals surface area contributed by atoms with Gasteiger partial charge in [-0.2, -0.15) is 0 Å². The van der Waals surface area contributed by atoms with Crippen molar-refractivity contribution in [3.8, 4) is 5.75 Å². The Morgan fingerprint density at radius 2 is 2.11 bits per heavy atom. The summed E-state index contributed by atoms with van der Waals surface area (Å²) >= 11 is 0. The van der Waals surface area contributed by atoms with Gasteiger partial charge in [0.1, 0.15) is 18.3 Å². The number of amides is 2. The first-order valence-electron chi connectivity index (χ1n) is 9.35. The van der Waals surface area contributed by atoms with Crippen molar-refractivity contribution in [2.75, 3.05) is 19.8 Å². The number of carbonyl (C=O) groups excluding carboxylic acids is 2. The summed E-state index contributed by atoms with van der Waals surface area (Å²) in [4.78, 5) is 24.6. The van der Waals surface area contributed by atoms with E-state index < -0.39 is 17.9 Å². The average Bonchev–Trinajstić information content (AvgIpc) is 3.18. The fourth-order valence-corrected chi connectivity index (χ4v) is 3.27. The fourth-order valence-electron chi connectivity index (χ4n) is 3.27. The van der Waals surface area contributed by atoms with Crippen molar-refractivity contribution in [1.82, 2.24) is 10.6 Å². The summed E-state index contributed by atoms with van der Waals surface area (Å²) < 4.78 is 16.5. The van der Waals surface area contributed by atoms with Crippen molar-refractivity contribution < 1.29 is 23.8 Å². The van der Waals surface area contributed by atoms with E-state index in [1.165, 1.54) is 0 Å². The van der Waals surface area contributed by atoms with Gasteiger partial charge >= 0.3 is 12.0 Å². The van der Waals surface area contributed by atoms with Crippen molar-refractivity contribution in [2.24, 2.45) is 5.92 Å². The Hall–Kier alpha value is -2.54. The predicted octanol–water partition coefficient (Wildman–Crippen LogP) is 2.68. The highest BCUT2D eigenvalue weighted by Crippen LogP contribution is 2.31. The van der Waals surface area contributed by atoms with Crippen LogP contribution in [0.4, 0.5) is 4.79 Å². The van der Waals surface area contributed by atoms with Crippen molar-refractivity contribution in [1.29, 1.82) is 0 Å². The van der Waals surface area contributed by atoms with Crippen molar-refractivity contribution in [3.63, 3.8) is 0 Å². The van der Waals surface area contributed by atoms with Crippen LogP contribution in [0.5, 0.6) is 5.75 Å². The van der Waals surface area contributed by atoms with Crippen molar-refractivity contribution in [2.45, 2.75) is 38.3 Å². The van der Waals surface area contributed by atoms with Crippen LogP contribution in [0.25, 0.3) is 0 Å². The van der Waals surface area contributed by atoms with Gasteiger partial charge in [0.05, 0.1) is 18.8 Å². The van der Waals surface area contributed by atoms with Gasteiger partial charge < -0.3 is 24.8 Å². The van der Waals surface area contributed by atoms with Gasteiger partial charge in [0.15, 0.2) is 0 Å². The van der Waals surface area contributed by atoms with Gasteiger partial charge in [-0.1, -0.05) is 25.6 Å².